The number of hydrogen-bond acceptors (Lipinski definition) is 6. The zero-order chi connectivity index (χ0) is 22.3. The summed E-state index contributed by atoms with van der Waals surface area (Å²) in [6.45, 7) is 0.601. The van der Waals surface area contributed by atoms with Crippen LogP contribution in [0.15, 0.2) is 53.4 Å². The molecule has 2 aromatic rings. The number of halogens is 1. The monoisotopic (exact) mass is 450 g/mol. The predicted molar refractivity (Wildman–Crippen MR) is 109 cm³/mol. The van der Waals surface area contributed by atoms with E-state index in [1.54, 1.807) is 0 Å². The van der Waals surface area contributed by atoms with E-state index in [0.717, 1.165) is 23.8 Å². The number of carbonyl (C=O) groups is 2. The van der Waals surface area contributed by atoms with E-state index in [1.807, 2.05) is 30.3 Å². The third-order valence-electron chi connectivity index (χ3n) is 4.68. The van der Waals surface area contributed by atoms with Gasteiger partial charge in [-0.25, -0.2) is 17.6 Å². The summed E-state index contributed by atoms with van der Waals surface area (Å²) in [6.07, 6.45) is 0.608. The number of hydrogen-bond donors (Lipinski definition) is 1. The van der Waals surface area contributed by atoms with Gasteiger partial charge in [0, 0.05) is 19.6 Å². The quantitative estimate of drug-likeness (QED) is 0.610. The molecule has 0 atom stereocenters. The van der Waals surface area contributed by atoms with Gasteiger partial charge < -0.3 is 14.8 Å². The Morgan fingerprint density at radius 1 is 1.10 bits per heavy atom. The Balaban J connectivity index is 1.57. The number of morpholine rings is 1. The maximum absolute atomic E-state index is 14.1. The minimum atomic E-state index is -3.90. The van der Waals surface area contributed by atoms with Crippen molar-refractivity contribution in [2.24, 2.45) is 0 Å². The van der Waals surface area contributed by atoms with Crippen molar-refractivity contribution in [3.63, 3.8) is 0 Å². The highest BCUT2D eigenvalue weighted by molar-refractivity contribution is 7.89. The van der Waals surface area contributed by atoms with E-state index < -0.39 is 39.9 Å². The van der Waals surface area contributed by atoms with Crippen LogP contribution in [-0.2, 0) is 30.7 Å². The molecule has 31 heavy (non-hydrogen) atoms. The van der Waals surface area contributed by atoms with Gasteiger partial charge in [0.1, 0.15) is 5.82 Å². The molecule has 2 aromatic carbocycles. The summed E-state index contributed by atoms with van der Waals surface area (Å²) in [7, 11) is -3.90. The van der Waals surface area contributed by atoms with Crippen LogP contribution in [0.1, 0.15) is 15.9 Å². The van der Waals surface area contributed by atoms with Gasteiger partial charge >= 0.3 is 5.97 Å². The maximum atomic E-state index is 14.1. The van der Waals surface area contributed by atoms with Gasteiger partial charge in [0.15, 0.2) is 6.61 Å². The minimum absolute atomic E-state index is 0.169. The molecule has 1 heterocycles. The molecule has 3 rings (SSSR count). The molecule has 1 N–H and O–H groups in total. The van der Waals surface area contributed by atoms with Crippen LogP contribution in [0.3, 0.4) is 0 Å². The van der Waals surface area contributed by atoms with Crippen molar-refractivity contribution in [3.05, 3.63) is 65.5 Å². The van der Waals surface area contributed by atoms with Gasteiger partial charge in [-0.1, -0.05) is 30.3 Å². The lowest BCUT2D eigenvalue weighted by molar-refractivity contribution is -0.124. The first-order chi connectivity index (χ1) is 14.9. The molecule has 1 saturated heterocycles. The molecule has 1 aliphatic rings. The summed E-state index contributed by atoms with van der Waals surface area (Å²) < 4.78 is 50.8. The molecular weight excluding hydrogens is 427 g/mol. The lowest BCUT2D eigenvalue weighted by Gasteiger charge is -2.26. The Bertz CT molecular complexity index is 1020. The fraction of sp³-hybridized carbons (Fsp3) is 0.333. The fourth-order valence-electron chi connectivity index (χ4n) is 3.01. The van der Waals surface area contributed by atoms with Crippen molar-refractivity contribution in [1.82, 2.24) is 9.62 Å². The average molecular weight is 450 g/mol. The van der Waals surface area contributed by atoms with E-state index >= 15 is 0 Å². The third kappa shape index (κ3) is 6.09. The molecular formula is C21H23FN2O6S. The van der Waals surface area contributed by atoms with E-state index in [-0.39, 0.29) is 31.2 Å². The highest BCUT2D eigenvalue weighted by Crippen LogP contribution is 2.21. The summed E-state index contributed by atoms with van der Waals surface area (Å²) in [6, 6.07) is 12.4. The smallest absolute Gasteiger partial charge is 0.341 e. The first-order valence-corrected chi connectivity index (χ1v) is 11.2. The largest absolute Gasteiger partial charge is 0.452 e. The maximum Gasteiger partial charge on any atom is 0.341 e. The van der Waals surface area contributed by atoms with Crippen LogP contribution in [0.25, 0.3) is 0 Å². The Kier molecular flexibility index (Phi) is 7.72. The normalized spacial score (nSPS) is 14.7. The molecule has 0 unspecified atom stereocenters. The van der Waals surface area contributed by atoms with Crippen LogP contribution in [0.2, 0.25) is 0 Å². The molecule has 0 aliphatic carbocycles. The highest BCUT2D eigenvalue weighted by Gasteiger charge is 2.28. The first kappa shape index (κ1) is 22.9. The SMILES string of the molecule is O=C(COC(=O)c1cc(S(=O)(=O)N2CCOCC2)ccc1F)NCCc1ccccc1. The summed E-state index contributed by atoms with van der Waals surface area (Å²) in [5.41, 5.74) is 0.492. The molecule has 1 fully saturated rings. The van der Waals surface area contributed by atoms with Gasteiger partial charge in [-0.2, -0.15) is 4.31 Å². The number of sulfonamides is 1. The van der Waals surface area contributed by atoms with Gasteiger partial charge in [-0.05, 0) is 30.2 Å². The van der Waals surface area contributed by atoms with Crippen molar-refractivity contribution >= 4 is 21.9 Å². The number of ether oxygens (including phenoxy) is 2. The van der Waals surface area contributed by atoms with Crippen LogP contribution in [0.4, 0.5) is 4.39 Å². The number of esters is 1. The van der Waals surface area contributed by atoms with Gasteiger partial charge in [-0.3, -0.25) is 4.79 Å². The molecule has 0 bridgehead atoms. The van der Waals surface area contributed by atoms with E-state index in [4.69, 9.17) is 9.47 Å². The Labute approximate surface area is 180 Å². The van der Waals surface area contributed by atoms with Crippen LogP contribution in [-0.4, -0.2) is 64.1 Å². The van der Waals surface area contributed by atoms with E-state index in [1.165, 1.54) is 4.31 Å². The molecule has 0 radical (unpaired) electrons. The van der Waals surface area contributed by atoms with Gasteiger partial charge in [-0.15, -0.1) is 0 Å². The molecule has 166 valence electrons. The Morgan fingerprint density at radius 2 is 1.81 bits per heavy atom. The van der Waals surface area contributed by atoms with Gasteiger partial charge in [0.05, 0.1) is 23.7 Å². The van der Waals surface area contributed by atoms with Gasteiger partial charge in [0.25, 0.3) is 5.91 Å². The Morgan fingerprint density at radius 3 is 2.52 bits per heavy atom. The Hall–Kier alpha value is -2.82. The van der Waals surface area contributed by atoms with Crippen molar-refractivity contribution in [3.8, 4) is 0 Å². The van der Waals surface area contributed by atoms with Crippen molar-refractivity contribution in [2.45, 2.75) is 11.3 Å². The summed E-state index contributed by atoms with van der Waals surface area (Å²) in [4.78, 5) is 23.9. The second kappa shape index (κ2) is 10.5. The topological polar surface area (TPSA) is 102 Å². The second-order valence-corrected chi connectivity index (χ2v) is 8.76. The highest BCUT2D eigenvalue weighted by atomic mass is 32.2. The fourth-order valence-corrected chi connectivity index (χ4v) is 4.44. The van der Waals surface area contributed by atoms with Crippen LogP contribution >= 0.6 is 0 Å². The summed E-state index contributed by atoms with van der Waals surface area (Å²) in [5.74, 6) is -2.59. The molecule has 0 spiro atoms. The van der Waals surface area contributed by atoms with E-state index in [9.17, 15) is 22.4 Å². The van der Waals surface area contributed by atoms with Crippen molar-refractivity contribution in [1.29, 1.82) is 0 Å². The molecule has 10 heteroatoms. The van der Waals surface area contributed by atoms with Crippen LogP contribution in [0, 0.1) is 5.82 Å². The number of benzene rings is 2. The van der Waals surface area contributed by atoms with Gasteiger partial charge in [0.2, 0.25) is 10.0 Å². The molecule has 1 amide bonds. The van der Waals surface area contributed by atoms with E-state index in [2.05, 4.69) is 5.32 Å². The summed E-state index contributed by atoms with van der Waals surface area (Å²) >= 11 is 0. The van der Waals surface area contributed by atoms with E-state index in [0.29, 0.717) is 13.0 Å². The standard InChI is InChI=1S/C21H23FN2O6S/c22-19-7-6-17(31(27,28)24-10-12-29-13-11-24)14-18(19)21(26)30-15-20(25)23-9-8-16-4-2-1-3-5-16/h1-7,14H,8-13,15H2,(H,23,25). The molecule has 0 saturated carbocycles. The third-order valence-corrected chi connectivity index (χ3v) is 6.57. The predicted octanol–water partition coefficient (Wildman–Crippen LogP) is 1.36. The zero-order valence-corrected chi connectivity index (χ0v) is 17.6. The second-order valence-electron chi connectivity index (χ2n) is 6.82. The lowest BCUT2D eigenvalue weighted by Crippen LogP contribution is -2.40. The number of amides is 1. The minimum Gasteiger partial charge on any atom is -0.452 e. The molecule has 0 aromatic heterocycles. The lowest BCUT2D eigenvalue weighted by atomic mass is 10.1. The number of nitrogens with one attached hydrogen (secondary N) is 1. The molecule has 1 aliphatic heterocycles. The van der Waals surface area contributed by atoms with Crippen LogP contribution < -0.4 is 5.32 Å². The van der Waals surface area contributed by atoms with Crippen LogP contribution in [0.5, 0.6) is 0 Å². The average Bonchev–Trinajstić information content (AvgIpc) is 2.79. The molecule has 8 nitrogen and oxygen atoms in total. The number of nitrogens with zero attached hydrogens (tertiary/aromatic N) is 1. The van der Waals surface area contributed by atoms with Crippen molar-refractivity contribution in [2.75, 3.05) is 39.5 Å². The van der Waals surface area contributed by atoms with Crippen molar-refractivity contribution < 1.29 is 31.9 Å². The number of rotatable bonds is 8. The zero-order valence-electron chi connectivity index (χ0n) is 16.8. The first-order valence-electron chi connectivity index (χ1n) is 9.73. The number of carbonyl (C=O) groups excluding carboxylic acids is 2. The summed E-state index contributed by atoms with van der Waals surface area (Å²) in [5, 5.41) is 2.61.